The molecule has 1 amide bonds. The summed E-state index contributed by atoms with van der Waals surface area (Å²) in [5, 5.41) is 11.6. The van der Waals surface area contributed by atoms with Crippen LogP contribution in [0.4, 0.5) is 5.82 Å². The number of aryl methyl sites for hydroxylation is 1. The zero-order valence-corrected chi connectivity index (χ0v) is 12.8. The smallest absolute Gasteiger partial charge is 0.273 e. The molecule has 0 unspecified atom stereocenters. The third-order valence-corrected chi connectivity index (χ3v) is 3.85. The topological polar surface area (TPSA) is 70.7 Å². The first kappa shape index (κ1) is 15.1. The molecule has 0 saturated heterocycles. The first-order valence-electron chi connectivity index (χ1n) is 6.54. The average molecular weight is 300 g/mol. The molecule has 0 aliphatic rings. The monoisotopic (exact) mass is 300 g/mol. The van der Waals surface area contributed by atoms with Crippen molar-refractivity contribution >= 4 is 23.5 Å². The molecule has 0 aromatic carbocycles. The fraction of sp³-hybridized carbons (Fsp3) is 0.267. The van der Waals surface area contributed by atoms with Crippen LogP contribution in [0.2, 0.25) is 0 Å². The van der Waals surface area contributed by atoms with Gasteiger partial charge in [0.15, 0.2) is 0 Å². The van der Waals surface area contributed by atoms with Gasteiger partial charge in [-0.3, -0.25) is 4.79 Å². The molecule has 0 spiro atoms. The lowest BCUT2D eigenvalue weighted by Crippen LogP contribution is -2.16. The van der Waals surface area contributed by atoms with E-state index in [4.69, 9.17) is 5.26 Å². The molecule has 0 atom stereocenters. The number of carbonyl (C=O) groups is 1. The number of pyridine rings is 1. The molecule has 0 radical (unpaired) electrons. The van der Waals surface area contributed by atoms with Gasteiger partial charge >= 0.3 is 0 Å². The summed E-state index contributed by atoms with van der Waals surface area (Å²) in [5.74, 6) is 2.19. The van der Waals surface area contributed by atoms with E-state index in [2.05, 4.69) is 17.2 Å². The molecule has 0 aliphatic carbocycles. The lowest BCUT2D eigenvalue weighted by molar-refractivity contribution is 0.101. The molecule has 0 saturated carbocycles. The maximum absolute atomic E-state index is 12.2. The third-order valence-electron chi connectivity index (χ3n) is 2.91. The van der Waals surface area contributed by atoms with Gasteiger partial charge in [-0.1, -0.05) is 6.92 Å². The van der Waals surface area contributed by atoms with E-state index in [1.165, 1.54) is 0 Å². The lowest BCUT2D eigenvalue weighted by atomic mass is 10.3. The number of aromatic nitrogens is 2. The van der Waals surface area contributed by atoms with E-state index in [1.54, 1.807) is 30.1 Å². The highest BCUT2D eigenvalue weighted by Gasteiger charge is 2.12. The number of amides is 1. The molecule has 0 bridgehead atoms. The molecule has 2 heterocycles. The van der Waals surface area contributed by atoms with Crippen LogP contribution in [-0.2, 0) is 12.8 Å². The summed E-state index contributed by atoms with van der Waals surface area (Å²) in [6, 6.07) is 7.39. The minimum Gasteiger partial charge on any atom is -0.345 e. The number of thioether (sulfide) groups is 1. The Hall–Kier alpha value is -2.26. The number of anilines is 1. The Kier molecular flexibility index (Phi) is 5.01. The number of nitrogens with one attached hydrogen (secondary N) is 1. The largest absolute Gasteiger partial charge is 0.345 e. The number of carbonyl (C=O) groups excluding carboxylic acids is 1. The van der Waals surface area contributed by atoms with Crippen molar-refractivity contribution in [2.24, 2.45) is 7.05 Å². The van der Waals surface area contributed by atoms with Crippen LogP contribution < -0.4 is 5.32 Å². The molecule has 0 aliphatic heterocycles. The molecular weight excluding hydrogens is 284 g/mol. The van der Waals surface area contributed by atoms with Crippen molar-refractivity contribution in [3.8, 4) is 6.07 Å². The number of nitriles is 1. The average Bonchev–Trinajstić information content (AvgIpc) is 2.87. The van der Waals surface area contributed by atoms with Crippen LogP contribution >= 0.6 is 11.8 Å². The van der Waals surface area contributed by atoms with E-state index in [0.29, 0.717) is 17.1 Å². The van der Waals surface area contributed by atoms with E-state index in [0.717, 1.165) is 17.1 Å². The van der Waals surface area contributed by atoms with Gasteiger partial charge in [-0.05, 0) is 29.5 Å². The van der Waals surface area contributed by atoms with Gasteiger partial charge in [0.2, 0.25) is 0 Å². The fourth-order valence-electron chi connectivity index (χ4n) is 1.88. The second-order valence-corrected chi connectivity index (χ2v) is 5.75. The van der Waals surface area contributed by atoms with E-state index in [9.17, 15) is 4.79 Å². The van der Waals surface area contributed by atoms with Crippen molar-refractivity contribution in [1.82, 2.24) is 9.55 Å². The van der Waals surface area contributed by atoms with Crippen molar-refractivity contribution in [2.75, 3.05) is 11.1 Å². The highest BCUT2D eigenvalue weighted by Crippen LogP contribution is 2.15. The Morgan fingerprint density at radius 1 is 1.52 bits per heavy atom. The Labute approximate surface area is 128 Å². The number of hydrogen-bond donors (Lipinski definition) is 1. The molecule has 5 nitrogen and oxygen atoms in total. The molecule has 1 N–H and O–H groups in total. The summed E-state index contributed by atoms with van der Waals surface area (Å²) >= 11 is 1.81. The first-order chi connectivity index (χ1) is 10.1. The molecule has 108 valence electrons. The lowest BCUT2D eigenvalue weighted by Gasteiger charge is -2.07. The van der Waals surface area contributed by atoms with Crippen molar-refractivity contribution in [1.29, 1.82) is 5.26 Å². The second-order valence-electron chi connectivity index (χ2n) is 4.48. The van der Waals surface area contributed by atoms with Crippen LogP contribution in [0.1, 0.15) is 28.5 Å². The van der Waals surface area contributed by atoms with Crippen LogP contribution in [0.5, 0.6) is 0 Å². The van der Waals surface area contributed by atoms with Crippen LogP contribution in [0.15, 0.2) is 30.6 Å². The van der Waals surface area contributed by atoms with Gasteiger partial charge in [-0.15, -0.1) is 0 Å². The Bertz CT molecular complexity index is 687. The highest BCUT2D eigenvalue weighted by atomic mass is 32.2. The molecule has 0 fully saturated rings. The van der Waals surface area contributed by atoms with Crippen LogP contribution in [0, 0.1) is 11.3 Å². The zero-order valence-electron chi connectivity index (χ0n) is 12.0. The maximum atomic E-state index is 12.2. The predicted molar refractivity (Wildman–Crippen MR) is 84.2 cm³/mol. The van der Waals surface area contributed by atoms with Gasteiger partial charge in [-0.25, -0.2) is 4.98 Å². The van der Waals surface area contributed by atoms with Crippen LogP contribution in [-0.4, -0.2) is 21.2 Å². The van der Waals surface area contributed by atoms with Crippen molar-refractivity contribution in [2.45, 2.75) is 12.7 Å². The van der Waals surface area contributed by atoms with Crippen molar-refractivity contribution < 1.29 is 4.79 Å². The quantitative estimate of drug-likeness (QED) is 0.921. The number of rotatable bonds is 5. The van der Waals surface area contributed by atoms with Gasteiger partial charge < -0.3 is 9.88 Å². The Morgan fingerprint density at radius 3 is 3.00 bits per heavy atom. The maximum Gasteiger partial charge on any atom is 0.273 e. The summed E-state index contributed by atoms with van der Waals surface area (Å²) in [4.78, 5) is 16.4. The van der Waals surface area contributed by atoms with Gasteiger partial charge in [0.05, 0.1) is 5.56 Å². The zero-order chi connectivity index (χ0) is 15.2. The molecule has 2 aromatic rings. The van der Waals surface area contributed by atoms with E-state index >= 15 is 0 Å². The number of hydrogen-bond acceptors (Lipinski definition) is 4. The molecule has 6 heteroatoms. The van der Waals surface area contributed by atoms with E-state index < -0.39 is 0 Å². The Balaban J connectivity index is 2.12. The normalized spacial score (nSPS) is 10.1. The third kappa shape index (κ3) is 3.86. The van der Waals surface area contributed by atoms with Gasteiger partial charge in [0.25, 0.3) is 5.91 Å². The summed E-state index contributed by atoms with van der Waals surface area (Å²) < 4.78 is 1.63. The summed E-state index contributed by atoms with van der Waals surface area (Å²) in [6.45, 7) is 2.11. The SMILES string of the molecule is CCSCc1ccnc(NC(=O)c2cc(C#N)cn2C)c1. The number of nitrogens with zero attached hydrogens (tertiary/aromatic N) is 3. The fourth-order valence-corrected chi connectivity index (χ4v) is 2.50. The standard InChI is InChI=1S/C15H16N4OS/c1-3-21-10-11-4-5-17-14(7-11)18-15(20)13-6-12(8-16)9-19(13)2/h4-7,9H,3,10H2,1-2H3,(H,17,18,20). The molecule has 2 rings (SSSR count). The van der Waals surface area contributed by atoms with Gasteiger partial charge in [-0.2, -0.15) is 17.0 Å². The second kappa shape index (κ2) is 6.95. The molecule has 21 heavy (non-hydrogen) atoms. The first-order valence-corrected chi connectivity index (χ1v) is 7.70. The van der Waals surface area contributed by atoms with Gasteiger partial charge in [0, 0.05) is 25.2 Å². The van der Waals surface area contributed by atoms with Crippen molar-refractivity contribution in [3.63, 3.8) is 0 Å². The summed E-state index contributed by atoms with van der Waals surface area (Å²) in [7, 11) is 1.73. The minimum absolute atomic E-state index is 0.271. The van der Waals surface area contributed by atoms with Gasteiger partial charge in [0.1, 0.15) is 17.6 Å². The minimum atomic E-state index is -0.271. The van der Waals surface area contributed by atoms with E-state index in [1.807, 2.05) is 30.0 Å². The van der Waals surface area contributed by atoms with Crippen molar-refractivity contribution in [3.05, 3.63) is 47.4 Å². The molecular formula is C15H16N4OS. The summed E-state index contributed by atoms with van der Waals surface area (Å²) in [6.07, 6.45) is 3.31. The highest BCUT2D eigenvalue weighted by molar-refractivity contribution is 7.98. The Morgan fingerprint density at radius 2 is 2.33 bits per heavy atom. The van der Waals surface area contributed by atoms with E-state index in [-0.39, 0.29) is 5.91 Å². The van der Waals surface area contributed by atoms with Crippen LogP contribution in [0.3, 0.4) is 0 Å². The summed E-state index contributed by atoms with van der Waals surface area (Å²) in [5.41, 5.74) is 2.02. The predicted octanol–water partition coefficient (Wildman–Crippen LogP) is 2.80. The van der Waals surface area contributed by atoms with Crippen LogP contribution in [0.25, 0.3) is 0 Å². The molecule has 2 aromatic heterocycles.